The summed E-state index contributed by atoms with van der Waals surface area (Å²) in [5, 5.41) is 0. The van der Waals surface area contributed by atoms with Gasteiger partial charge in [0.2, 0.25) is 0 Å². The van der Waals surface area contributed by atoms with E-state index in [1.165, 1.54) is 18.5 Å². The lowest BCUT2D eigenvalue weighted by atomic mass is 10.0. The molecule has 1 aromatic heterocycles. The van der Waals surface area contributed by atoms with Crippen LogP contribution in [0.15, 0.2) is 47.8 Å². The van der Waals surface area contributed by atoms with E-state index in [2.05, 4.69) is 9.97 Å². The van der Waals surface area contributed by atoms with Crippen LogP contribution in [0.25, 0.3) is 11.3 Å². The lowest BCUT2D eigenvalue weighted by Gasteiger charge is -2.14. The van der Waals surface area contributed by atoms with E-state index in [-0.39, 0.29) is 10.8 Å². The van der Waals surface area contributed by atoms with Crippen molar-refractivity contribution in [2.75, 3.05) is 0 Å². The first-order valence-electron chi connectivity index (χ1n) is 7.48. The first-order valence-corrected chi connectivity index (χ1v) is 8.96. The molecule has 2 aromatic rings. The van der Waals surface area contributed by atoms with Gasteiger partial charge in [0.15, 0.2) is 0 Å². The number of rotatable bonds is 6. The third kappa shape index (κ3) is 4.59. The van der Waals surface area contributed by atoms with Crippen molar-refractivity contribution in [1.29, 1.82) is 0 Å². The predicted octanol–water partition coefficient (Wildman–Crippen LogP) is 1.32. The largest absolute Gasteiger partial charge is 0.320 e. The van der Waals surface area contributed by atoms with Crippen LogP contribution in [0.2, 0.25) is 0 Å². The molecule has 8 heteroatoms. The average molecular weight is 348 g/mol. The molecule has 24 heavy (non-hydrogen) atoms. The van der Waals surface area contributed by atoms with Crippen molar-refractivity contribution in [1.82, 2.24) is 14.7 Å². The number of carbonyl (C=O) groups is 1. The highest BCUT2D eigenvalue weighted by Gasteiger charge is 2.23. The Bertz CT molecular complexity index is 807. The van der Waals surface area contributed by atoms with Crippen LogP contribution in [0.3, 0.4) is 0 Å². The van der Waals surface area contributed by atoms with Gasteiger partial charge < -0.3 is 5.73 Å². The molecule has 1 heterocycles. The highest BCUT2D eigenvalue weighted by Crippen LogP contribution is 2.20. The second-order valence-corrected chi connectivity index (χ2v) is 7.51. The topological polar surface area (TPSA) is 115 Å². The van der Waals surface area contributed by atoms with Gasteiger partial charge in [-0.2, -0.15) is 0 Å². The second kappa shape index (κ2) is 7.50. The summed E-state index contributed by atoms with van der Waals surface area (Å²) < 4.78 is 26.8. The third-order valence-electron chi connectivity index (χ3n) is 3.32. The van der Waals surface area contributed by atoms with Crippen LogP contribution >= 0.6 is 0 Å². The molecule has 0 aliphatic heterocycles. The molecule has 0 aliphatic rings. The molecule has 7 nitrogen and oxygen atoms in total. The summed E-state index contributed by atoms with van der Waals surface area (Å²) in [5.74, 6) is -0.523. The molecule has 128 valence electrons. The number of hydrogen-bond acceptors (Lipinski definition) is 6. The lowest BCUT2D eigenvalue weighted by Crippen LogP contribution is -2.43. The number of amides is 1. The maximum atomic E-state index is 12.4. The minimum absolute atomic E-state index is 0.0243. The number of hydrogen-bond donors (Lipinski definition) is 2. The molecule has 0 aliphatic carbocycles. The van der Waals surface area contributed by atoms with Crippen LogP contribution in [-0.2, 0) is 14.8 Å². The summed E-state index contributed by atoms with van der Waals surface area (Å²) in [6.07, 6.45) is 3.35. The number of nitrogens with two attached hydrogens (primary N) is 1. The number of aromatic nitrogens is 2. The van der Waals surface area contributed by atoms with E-state index in [1.807, 2.05) is 18.6 Å². The van der Waals surface area contributed by atoms with Gasteiger partial charge in [0.05, 0.1) is 16.6 Å². The first kappa shape index (κ1) is 18.0. The van der Waals surface area contributed by atoms with Gasteiger partial charge in [0.25, 0.3) is 15.9 Å². The fourth-order valence-corrected chi connectivity index (χ4v) is 3.24. The fraction of sp³-hybridized carbons (Fsp3) is 0.312. The molecule has 1 amide bonds. The molecule has 3 N–H and O–H groups in total. The summed E-state index contributed by atoms with van der Waals surface area (Å²) >= 11 is 0. The van der Waals surface area contributed by atoms with Crippen molar-refractivity contribution in [3.63, 3.8) is 0 Å². The average Bonchev–Trinajstić information content (AvgIpc) is 2.55. The van der Waals surface area contributed by atoms with E-state index in [0.717, 1.165) is 0 Å². The fourth-order valence-electron chi connectivity index (χ4n) is 2.17. The number of benzene rings is 1. The normalized spacial score (nSPS) is 12.8. The number of nitrogens with one attached hydrogen (secondary N) is 1. The zero-order valence-corrected chi connectivity index (χ0v) is 14.3. The highest BCUT2D eigenvalue weighted by atomic mass is 32.2. The van der Waals surface area contributed by atoms with Gasteiger partial charge in [-0.1, -0.05) is 26.0 Å². The smallest absolute Gasteiger partial charge is 0.264 e. The summed E-state index contributed by atoms with van der Waals surface area (Å²) in [7, 11) is -3.99. The van der Waals surface area contributed by atoms with Crippen LogP contribution in [0.4, 0.5) is 0 Å². The minimum atomic E-state index is -3.99. The molecule has 0 spiro atoms. The van der Waals surface area contributed by atoms with Crippen LogP contribution in [-0.4, -0.2) is 30.3 Å². The van der Waals surface area contributed by atoms with Gasteiger partial charge >= 0.3 is 0 Å². The Labute approximate surface area is 141 Å². The first-order chi connectivity index (χ1) is 11.3. The van der Waals surface area contributed by atoms with Crippen LogP contribution in [0.5, 0.6) is 0 Å². The van der Waals surface area contributed by atoms with E-state index in [9.17, 15) is 13.2 Å². The highest BCUT2D eigenvalue weighted by molar-refractivity contribution is 7.90. The van der Waals surface area contributed by atoms with E-state index in [0.29, 0.717) is 17.7 Å². The summed E-state index contributed by atoms with van der Waals surface area (Å²) in [6, 6.07) is 6.98. The lowest BCUT2D eigenvalue weighted by molar-refractivity contribution is -0.120. The van der Waals surface area contributed by atoms with E-state index in [1.54, 1.807) is 24.4 Å². The molecular weight excluding hydrogens is 328 g/mol. The molecule has 0 unspecified atom stereocenters. The van der Waals surface area contributed by atoms with Gasteiger partial charge in [0, 0.05) is 11.8 Å². The second-order valence-electron chi connectivity index (χ2n) is 5.83. The van der Waals surface area contributed by atoms with E-state index < -0.39 is 22.0 Å². The van der Waals surface area contributed by atoms with Gasteiger partial charge in [-0.3, -0.25) is 4.79 Å². The van der Waals surface area contributed by atoms with Crippen molar-refractivity contribution in [3.05, 3.63) is 42.9 Å². The molecule has 0 saturated heterocycles. The molecular formula is C16H20N4O3S. The van der Waals surface area contributed by atoms with Crippen LogP contribution in [0, 0.1) is 5.92 Å². The number of carbonyl (C=O) groups excluding carboxylic acids is 1. The Hall–Kier alpha value is -2.32. The maximum Gasteiger partial charge on any atom is 0.264 e. The van der Waals surface area contributed by atoms with Crippen molar-refractivity contribution < 1.29 is 13.2 Å². The van der Waals surface area contributed by atoms with Crippen molar-refractivity contribution in [2.24, 2.45) is 11.7 Å². The molecule has 1 atom stereocenters. The molecule has 0 bridgehead atoms. The van der Waals surface area contributed by atoms with Crippen molar-refractivity contribution in [2.45, 2.75) is 31.2 Å². The quantitative estimate of drug-likeness (QED) is 0.813. The Balaban J connectivity index is 2.22. The summed E-state index contributed by atoms with van der Waals surface area (Å²) in [6.45, 7) is 3.82. The van der Waals surface area contributed by atoms with Crippen molar-refractivity contribution >= 4 is 15.9 Å². The summed E-state index contributed by atoms with van der Waals surface area (Å²) in [4.78, 5) is 19.9. The maximum absolute atomic E-state index is 12.4. The zero-order chi connectivity index (χ0) is 17.7. The number of sulfonamides is 1. The summed E-state index contributed by atoms with van der Waals surface area (Å²) in [5.41, 5.74) is 6.93. The SMILES string of the molecule is CC(C)C[C@H](N)C(=O)NS(=O)(=O)c1cccc(-c2ccncn2)c1. The molecule has 2 rings (SSSR count). The Morgan fingerprint density at radius 2 is 2.04 bits per heavy atom. The Morgan fingerprint density at radius 3 is 2.67 bits per heavy atom. The van der Waals surface area contributed by atoms with Crippen molar-refractivity contribution in [3.8, 4) is 11.3 Å². The number of nitrogens with zero attached hydrogens (tertiary/aromatic N) is 2. The molecule has 0 radical (unpaired) electrons. The van der Waals surface area contributed by atoms with Gasteiger partial charge in [0.1, 0.15) is 6.33 Å². The van der Waals surface area contributed by atoms with Gasteiger partial charge in [-0.05, 0) is 30.5 Å². The predicted molar refractivity (Wildman–Crippen MR) is 90.2 cm³/mol. The van der Waals surface area contributed by atoms with E-state index in [4.69, 9.17) is 5.73 Å². The standard InChI is InChI=1S/C16H20N4O3S/c1-11(2)8-14(17)16(21)20-24(22,23)13-5-3-4-12(9-13)15-6-7-18-10-19-15/h3-7,9-11,14H,8,17H2,1-2H3,(H,20,21)/t14-/m0/s1. The molecule has 0 fully saturated rings. The molecule has 0 saturated carbocycles. The van der Waals surface area contributed by atoms with Crippen LogP contribution < -0.4 is 10.5 Å². The minimum Gasteiger partial charge on any atom is -0.320 e. The zero-order valence-electron chi connectivity index (χ0n) is 13.5. The van der Waals surface area contributed by atoms with Gasteiger partial charge in [-0.25, -0.2) is 23.1 Å². The third-order valence-corrected chi connectivity index (χ3v) is 4.66. The Morgan fingerprint density at radius 1 is 1.29 bits per heavy atom. The van der Waals surface area contributed by atoms with Crippen LogP contribution in [0.1, 0.15) is 20.3 Å². The van der Waals surface area contributed by atoms with E-state index >= 15 is 0 Å². The molecule has 1 aromatic carbocycles. The Kier molecular flexibility index (Phi) is 5.63. The monoisotopic (exact) mass is 348 g/mol. The van der Waals surface area contributed by atoms with Gasteiger partial charge in [-0.15, -0.1) is 0 Å².